The summed E-state index contributed by atoms with van der Waals surface area (Å²) in [5, 5.41) is 9.40. The van der Waals surface area contributed by atoms with Gasteiger partial charge in [-0.05, 0) is 62.3 Å². The van der Waals surface area contributed by atoms with Crippen LogP contribution in [0.3, 0.4) is 0 Å². The van der Waals surface area contributed by atoms with Gasteiger partial charge in [-0.15, -0.1) is 0 Å². The molecule has 0 bridgehead atoms. The number of rotatable bonds is 5. The molecule has 0 spiro atoms. The zero-order valence-corrected chi connectivity index (χ0v) is 20.5. The highest BCUT2D eigenvalue weighted by atomic mass is 16.1. The van der Waals surface area contributed by atoms with Crippen molar-refractivity contribution in [3.8, 4) is 6.07 Å². The maximum absolute atomic E-state index is 12.8. The second kappa shape index (κ2) is 8.88. The minimum atomic E-state index is -0.0570. The average Bonchev–Trinajstić information content (AvgIpc) is 3.69. The van der Waals surface area contributed by atoms with E-state index in [4.69, 9.17) is 0 Å². The summed E-state index contributed by atoms with van der Waals surface area (Å²) >= 11 is 0. The predicted molar refractivity (Wildman–Crippen MR) is 136 cm³/mol. The molecular formula is C28H33N5O. The standard InChI is InChI=1S/C28H33N5O/c1-5-24(22-10-8-21(9-11-22)20-6-7-20)32-16-19(3)33(17-18(32)2)26-14-27(34)31(4)25-13-12-23(15-29)30-28(25)26/h8-14,18-20,24H,5-7,16-17H2,1-4H3/t18-,19+,24?/m1/s1. The summed E-state index contributed by atoms with van der Waals surface area (Å²) in [6, 6.07) is 17.5. The summed E-state index contributed by atoms with van der Waals surface area (Å²) in [5.74, 6) is 0.778. The number of hydrogen-bond donors (Lipinski definition) is 0. The molecule has 3 atom stereocenters. The van der Waals surface area contributed by atoms with Crippen LogP contribution in [0.15, 0.2) is 47.3 Å². The minimum absolute atomic E-state index is 0.0570. The van der Waals surface area contributed by atoms with Crippen LogP contribution in [0.25, 0.3) is 11.0 Å². The van der Waals surface area contributed by atoms with Gasteiger partial charge in [-0.3, -0.25) is 9.69 Å². The van der Waals surface area contributed by atoms with Gasteiger partial charge in [0.2, 0.25) is 0 Å². The fraction of sp³-hybridized carbons (Fsp3) is 0.464. The van der Waals surface area contributed by atoms with E-state index in [0.29, 0.717) is 17.8 Å². The third-order valence-corrected chi connectivity index (χ3v) is 7.68. The van der Waals surface area contributed by atoms with Gasteiger partial charge in [0, 0.05) is 44.3 Å². The van der Waals surface area contributed by atoms with Crippen molar-refractivity contribution in [3.05, 3.63) is 69.6 Å². The molecule has 3 aromatic rings. The van der Waals surface area contributed by atoms with E-state index in [-0.39, 0.29) is 11.6 Å². The van der Waals surface area contributed by atoms with Crippen molar-refractivity contribution < 1.29 is 0 Å². The first kappa shape index (κ1) is 22.6. The van der Waals surface area contributed by atoms with Crippen LogP contribution >= 0.6 is 0 Å². The lowest BCUT2D eigenvalue weighted by molar-refractivity contribution is 0.107. The average molecular weight is 456 g/mol. The van der Waals surface area contributed by atoms with Crippen LogP contribution in [0.1, 0.15) is 68.8 Å². The molecule has 1 aliphatic heterocycles. The highest BCUT2D eigenvalue weighted by Crippen LogP contribution is 2.41. The van der Waals surface area contributed by atoms with Gasteiger partial charge in [0.1, 0.15) is 17.3 Å². The fourth-order valence-corrected chi connectivity index (χ4v) is 5.58. The summed E-state index contributed by atoms with van der Waals surface area (Å²) in [5.41, 5.74) is 5.48. The van der Waals surface area contributed by atoms with E-state index >= 15 is 0 Å². The Morgan fingerprint density at radius 2 is 1.82 bits per heavy atom. The van der Waals surface area contributed by atoms with Crippen molar-refractivity contribution in [1.29, 1.82) is 5.26 Å². The Morgan fingerprint density at radius 1 is 1.09 bits per heavy atom. The third-order valence-electron chi connectivity index (χ3n) is 7.68. The Kier molecular flexibility index (Phi) is 5.91. The summed E-state index contributed by atoms with van der Waals surface area (Å²) in [6.45, 7) is 8.47. The number of aromatic nitrogens is 2. The number of benzene rings is 1. The Labute approximate surface area is 201 Å². The minimum Gasteiger partial charge on any atom is -0.364 e. The number of nitriles is 1. The first-order valence-electron chi connectivity index (χ1n) is 12.4. The number of aryl methyl sites for hydroxylation is 1. The molecule has 2 aliphatic rings. The molecule has 176 valence electrons. The Hall–Kier alpha value is -3.17. The molecule has 2 fully saturated rings. The highest BCUT2D eigenvalue weighted by Gasteiger charge is 2.35. The molecule has 0 amide bonds. The second-order valence-corrected chi connectivity index (χ2v) is 10.0. The Bertz CT molecular complexity index is 1300. The van der Waals surface area contributed by atoms with Crippen LogP contribution < -0.4 is 10.5 Å². The van der Waals surface area contributed by atoms with Crippen molar-refractivity contribution in [2.45, 2.75) is 64.1 Å². The zero-order chi connectivity index (χ0) is 24.0. The normalized spacial score (nSPS) is 22.0. The van der Waals surface area contributed by atoms with Gasteiger partial charge in [-0.1, -0.05) is 31.2 Å². The van der Waals surface area contributed by atoms with Crippen LogP contribution in [0.4, 0.5) is 5.69 Å². The molecule has 1 unspecified atom stereocenters. The van der Waals surface area contributed by atoms with Gasteiger partial charge in [0.25, 0.3) is 5.56 Å². The summed E-state index contributed by atoms with van der Waals surface area (Å²) in [4.78, 5) is 22.3. The van der Waals surface area contributed by atoms with Crippen molar-refractivity contribution in [2.75, 3.05) is 18.0 Å². The molecule has 1 saturated carbocycles. The summed E-state index contributed by atoms with van der Waals surface area (Å²) in [7, 11) is 1.76. The van der Waals surface area contributed by atoms with E-state index < -0.39 is 0 Å². The monoisotopic (exact) mass is 455 g/mol. The van der Waals surface area contributed by atoms with Crippen LogP contribution in [0.2, 0.25) is 0 Å². The number of nitrogens with zero attached hydrogens (tertiary/aromatic N) is 5. The number of fused-ring (bicyclic) bond motifs is 1. The van der Waals surface area contributed by atoms with Gasteiger partial charge >= 0.3 is 0 Å². The molecule has 2 aromatic heterocycles. The second-order valence-electron chi connectivity index (χ2n) is 10.0. The largest absolute Gasteiger partial charge is 0.364 e. The number of piperazine rings is 1. The number of hydrogen-bond acceptors (Lipinski definition) is 5. The van der Waals surface area contributed by atoms with E-state index in [1.54, 1.807) is 23.7 Å². The zero-order valence-electron chi connectivity index (χ0n) is 20.5. The lowest BCUT2D eigenvalue weighted by atomic mass is 9.96. The molecule has 3 heterocycles. The molecule has 34 heavy (non-hydrogen) atoms. The van der Waals surface area contributed by atoms with Crippen LogP contribution in [-0.4, -0.2) is 39.6 Å². The van der Waals surface area contributed by atoms with Crippen molar-refractivity contribution in [1.82, 2.24) is 14.5 Å². The quantitative estimate of drug-likeness (QED) is 0.556. The van der Waals surface area contributed by atoms with Gasteiger partial charge in [-0.2, -0.15) is 5.26 Å². The summed E-state index contributed by atoms with van der Waals surface area (Å²) in [6.07, 6.45) is 3.71. The molecule has 1 saturated heterocycles. The molecule has 1 aliphatic carbocycles. The number of pyridine rings is 2. The molecular weight excluding hydrogens is 422 g/mol. The fourth-order valence-electron chi connectivity index (χ4n) is 5.58. The number of anilines is 1. The highest BCUT2D eigenvalue weighted by molar-refractivity contribution is 5.89. The molecule has 1 aromatic carbocycles. The van der Waals surface area contributed by atoms with Gasteiger partial charge < -0.3 is 9.47 Å². The lowest BCUT2D eigenvalue weighted by Crippen LogP contribution is -2.57. The van der Waals surface area contributed by atoms with Crippen LogP contribution in [0.5, 0.6) is 0 Å². The smallest absolute Gasteiger partial charge is 0.252 e. The van der Waals surface area contributed by atoms with E-state index in [9.17, 15) is 10.1 Å². The van der Waals surface area contributed by atoms with Gasteiger partial charge in [0.05, 0.1) is 11.2 Å². The maximum Gasteiger partial charge on any atom is 0.252 e. The molecule has 6 nitrogen and oxygen atoms in total. The molecule has 0 N–H and O–H groups in total. The third kappa shape index (κ3) is 3.99. The summed E-state index contributed by atoms with van der Waals surface area (Å²) < 4.78 is 1.61. The van der Waals surface area contributed by atoms with Gasteiger partial charge in [-0.25, -0.2) is 4.98 Å². The first-order chi connectivity index (χ1) is 16.4. The molecule has 6 heteroatoms. The van der Waals surface area contributed by atoms with Crippen LogP contribution in [0, 0.1) is 11.3 Å². The Morgan fingerprint density at radius 3 is 2.47 bits per heavy atom. The van der Waals surface area contributed by atoms with E-state index in [1.165, 1.54) is 24.0 Å². The first-order valence-corrected chi connectivity index (χ1v) is 12.4. The SMILES string of the molecule is CCC(c1ccc(C2CC2)cc1)N1C[C@H](C)N(c2cc(=O)n(C)c3ccc(C#N)nc23)C[C@H]1C. The van der Waals surface area contributed by atoms with E-state index in [1.807, 2.05) is 6.07 Å². The van der Waals surface area contributed by atoms with Crippen molar-refractivity contribution in [2.24, 2.45) is 7.05 Å². The topological polar surface area (TPSA) is 65.2 Å². The lowest BCUT2D eigenvalue weighted by Gasteiger charge is -2.48. The van der Waals surface area contributed by atoms with Gasteiger partial charge in [0.15, 0.2) is 0 Å². The van der Waals surface area contributed by atoms with E-state index in [2.05, 4.69) is 65.9 Å². The van der Waals surface area contributed by atoms with Crippen LogP contribution in [-0.2, 0) is 7.05 Å². The molecule has 5 rings (SSSR count). The molecule has 0 radical (unpaired) electrons. The predicted octanol–water partition coefficient (Wildman–Crippen LogP) is 4.73. The van der Waals surface area contributed by atoms with E-state index in [0.717, 1.165) is 42.1 Å². The van der Waals surface area contributed by atoms with Crippen molar-refractivity contribution >= 4 is 16.7 Å². The Balaban J connectivity index is 1.45. The maximum atomic E-state index is 12.8. The van der Waals surface area contributed by atoms with Crippen molar-refractivity contribution in [3.63, 3.8) is 0 Å².